The van der Waals surface area contributed by atoms with Crippen LogP contribution in [0, 0.1) is 0 Å². The van der Waals surface area contributed by atoms with Gasteiger partial charge in [0.25, 0.3) is 0 Å². The number of aliphatic carboxylic acids is 1. The fraction of sp³-hybridized carbons (Fsp3) is 0.118. The molecule has 0 aliphatic heterocycles. The summed E-state index contributed by atoms with van der Waals surface area (Å²) in [7, 11) is 0. The Labute approximate surface area is 113 Å². The van der Waals surface area contributed by atoms with E-state index in [-0.39, 0.29) is 0 Å². The molecule has 0 fully saturated rings. The summed E-state index contributed by atoms with van der Waals surface area (Å²) in [5.41, 5.74) is 1.69. The third-order valence-electron chi connectivity index (χ3n) is 3.31. The van der Waals surface area contributed by atoms with Crippen LogP contribution in [0.15, 0.2) is 72.8 Å². The Kier molecular flexibility index (Phi) is 3.81. The van der Waals surface area contributed by atoms with Crippen molar-refractivity contribution in [1.29, 1.82) is 0 Å². The average molecular weight is 252 g/mol. The molecule has 0 atom stereocenters. The molecule has 0 amide bonds. The van der Waals surface area contributed by atoms with E-state index in [2.05, 4.69) is 0 Å². The van der Waals surface area contributed by atoms with E-state index >= 15 is 0 Å². The molecule has 0 aliphatic carbocycles. The molecule has 19 heavy (non-hydrogen) atoms. The molecule has 0 unspecified atom stereocenters. The average Bonchev–Trinajstić information content (AvgIpc) is 2.46. The molecule has 2 aromatic rings. The van der Waals surface area contributed by atoms with Crippen molar-refractivity contribution in [3.8, 4) is 0 Å². The molecule has 2 heteroatoms. The van der Waals surface area contributed by atoms with Crippen molar-refractivity contribution in [3.63, 3.8) is 0 Å². The molecule has 0 saturated carbocycles. The third kappa shape index (κ3) is 2.91. The van der Waals surface area contributed by atoms with Crippen LogP contribution in [0.1, 0.15) is 18.1 Å². The highest BCUT2D eigenvalue weighted by Gasteiger charge is 2.25. The van der Waals surface area contributed by atoms with Gasteiger partial charge in [-0.1, -0.05) is 66.7 Å². The molecule has 0 aromatic heterocycles. The number of allylic oxidation sites excluding steroid dienone is 1. The molecule has 2 rings (SSSR count). The molecule has 0 heterocycles. The number of carboxylic acid groups (broad SMARTS) is 1. The van der Waals surface area contributed by atoms with Gasteiger partial charge in [0.05, 0.1) is 0 Å². The number of hydrogen-bond donors (Lipinski definition) is 1. The largest absolute Gasteiger partial charge is 0.478 e. The van der Waals surface area contributed by atoms with Gasteiger partial charge in [0.2, 0.25) is 0 Å². The number of benzene rings is 2. The molecular formula is C17H16O2. The summed E-state index contributed by atoms with van der Waals surface area (Å²) >= 11 is 0. The number of carbonyl (C=O) groups is 1. The van der Waals surface area contributed by atoms with Crippen LogP contribution in [0.2, 0.25) is 0 Å². The van der Waals surface area contributed by atoms with Crippen molar-refractivity contribution in [2.45, 2.75) is 12.3 Å². The minimum Gasteiger partial charge on any atom is -0.478 e. The maximum atomic E-state index is 10.8. The van der Waals surface area contributed by atoms with E-state index in [1.54, 1.807) is 6.08 Å². The molecule has 0 radical (unpaired) electrons. The van der Waals surface area contributed by atoms with Gasteiger partial charge in [0, 0.05) is 11.5 Å². The van der Waals surface area contributed by atoms with E-state index in [0.29, 0.717) is 0 Å². The van der Waals surface area contributed by atoms with Crippen molar-refractivity contribution in [3.05, 3.63) is 83.9 Å². The van der Waals surface area contributed by atoms with Crippen LogP contribution in [-0.4, -0.2) is 11.1 Å². The van der Waals surface area contributed by atoms with Crippen molar-refractivity contribution >= 4 is 5.97 Å². The summed E-state index contributed by atoms with van der Waals surface area (Å²) in [6.45, 7) is 2.02. The lowest BCUT2D eigenvalue weighted by Gasteiger charge is -2.27. The smallest absolute Gasteiger partial charge is 0.328 e. The van der Waals surface area contributed by atoms with Crippen LogP contribution < -0.4 is 0 Å². The monoisotopic (exact) mass is 252 g/mol. The Bertz CT molecular complexity index is 531. The highest BCUT2D eigenvalue weighted by Crippen LogP contribution is 2.33. The van der Waals surface area contributed by atoms with E-state index in [1.165, 1.54) is 6.08 Å². The van der Waals surface area contributed by atoms with Crippen LogP contribution in [0.3, 0.4) is 0 Å². The standard InChI is InChI=1S/C17H16O2/c1-17(13-12-16(18)19,14-8-4-2-5-9-14)15-10-6-3-7-11-15/h2-13H,1H3,(H,18,19). The fourth-order valence-corrected chi connectivity index (χ4v) is 2.17. The number of hydrogen-bond acceptors (Lipinski definition) is 1. The van der Waals surface area contributed by atoms with Gasteiger partial charge in [-0.15, -0.1) is 0 Å². The van der Waals surface area contributed by atoms with Gasteiger partial charge in [-0.05, 0) is 18.1 Å². The van der Waals surface area contributed by atoms with E-state index in [9.17, 15) is 4.79 Å². The minimum atomic E-state index is -0.932. The topological polar surface area (TPSA) is 37.3 Å². The van der Waals surface area contributed by atoms with Crippen molar-refractivity contribution < 1.29 is 9.90 Å². The molecule has 0 aliphatic rings. The summed E-state index contributed by atoms with van der Waals surface area (Å²) in [4.78, 5) is 10.8. The first-order chi connectivity index (χ1) is 9.13. The van der Waals surface area contributed by atoms with E-state index in [0.717, 1.165) is 11.1 Å². The Morgan fingerprint density at radius 2 is 1.37 bits per heavy atom. The van der Waals surface area contributed by atoms with Gasteiger partial charge >= 0.3 is 5.97 Å². The first-order valence-electron chi connectivity index (χ1n) is 6.16. The van der Waals surface area contributed by atoms with E-state index in [1.807, 2.05) is 67.6 Å². The van der Waals surface area contributed by atoms with Gasteiger partial charge < -0.3 is 5.11 Å². The van der Waals surface area contributed by atoms with Crippen molar-refractivity contribution in [1.82, 2.24) is 0 Å². The molecular weight excluding hydrogens is 236 g/mol. The maximum Gasteiger partial charge on any atom is 0.328 e. The molecule has 1 N–H and O–H groups in total. The maximum absolute atomic E-state index is 10.8. The SMILES string of the molecule is CC(C=CC(=O)O)(c1ccccc1)c1ccccc1. The van der Waals surface area contributed by atoms with Crippen LogP contribution in [-0.2, 0) is 10.2 Å². The lowest BCUT2D eigenvalue weighted by molar-refractivity contribution is -0.131. The number of rotatable bonds is 4. The van der Waals surface area contributed by atoms with Gasteiger partial charge in [0.15, 0.2) is 0 Å². The van der Waals surface area contributed by atoms with Gasteiger partial charge in [0.1, 0.15) is 0 Å². The zero-order chi connectivity index (χ0) is 13.7. The molecule has 96 valence electrons. The highest BCUT2D eigenvalue weighted by molar-refractivity contribution is 5.80. The zero-order valence-electron chi connectivity index (χ0n) is 10.8. The molecule has 0 bridgehead atoms. The van der Waals surface area contributed by atoms with Crippen LogP contribution in [0.5, 0.6) is 0 Å². The molecule has 2 aromatic carbocycles. The van der Waals surface area contributed by atoms with Crippen molar-refractivity contribution in [2.24, 2.45) is 0 Å². The first-order valence-corrected chi connectivity index (χ1v) is 6.16. The predicted molar refractivity (Wildman–Crippen MR) is 76.1 cm³/mol. The zero-order valence-corrected chi connectivity index (χ0v) is 10.8. The normalized spacial score (nSPS) is 11.6. The summed E-state index contributed by atoms with van der Waals surface area (Å²) in [6.07, 6.45) is 2.94. The Hall–Kier alpha value is -2.35. The van der Waals surface area contributed by atoms with Gasteiger partial charge in [-0.2, -0.15) is 0 Å². The molecule has 0 spiro atoms. The summed E-state index contributed by atoms with van der Waals surface area (Å²) in [5, 5.41) is 8.88. The van der Waals surface area contributed by atoms with Gasteiger partial charge in [-0.3, -0.25) is 0 Å². The third-order valence-corrected chi connectivity index (χ3v) is 3.31. The lowest BCUT2D eigenvalue weighted by atomic mass is 9.76. The second-order valence-electron chi connectivity index (χ2n) is 4.61. The fourth-order valence-electron chi connectivity index (χ4n) is 2.17. The Balaban J connectivity index is 2.54. The summed E-state index contributed by atoms with van der Waals surface area (Å²) in [6, 6.07) is 19.8. The Morgan fingerprint density at radius 3 is 1.74 bits per heavy atom. The van der Waals surface area contributed by atoms with Crippen molar-refractivity contribution in [2.75, 3.05) is 0 Å². The van der Waals surface area contributed by atoms with Gasteiger partial charge in [-0.25, -0.2) is 4.79 Å². The van der Waals surface area contributed by atoms with Crippen LogP contribution in [0.4, 0.5) is 0 Å². The summed E-state index contributed by atoms with van der Waals surface area (Å²) in [5.74, 6) is -0.932. The number of carboxylic acids is 1. The first kappa shape index (κ1) is 13.1. The summed E-state index contributed by atoms with van der Waals surface area (Å²) < 4.78 is 0. The quantitative estimate of drug-likeness (QED) is 0.844. The molecule has 2 nitrogen and oxygen atoms in total. The second-order valence-corrected chi connectivity index (χ2v) is 4.61. The van der Waals surface area contributed by atoms with Crippen LogP contribution in [0.25, 0.3) is 0 Å². The van der Waals surface area contributed by atoms with Crippen LogP contribution >= 0.6 is 0 Å². The van der Waals surface area contributed by atoms with E-state index < -0.39 is 11.4 Å². The molecule has 0 saturated heterocycles. The highest BCUT2D eigenvalue weighted by atomic mass is 16.4. The Morgan fingerprint density at radius 1 is 0.947 bits per heavy atom. The predicted octanol–water partition coefficient (Wildman–Crippen LogP) is 3.63. The lowest BCUT2D eigenvalue weighted by Crippen LogP contribution is -2.21. The minimum absolute atomic E-state index is 0.444. The second kappa shape index (κ2) is 5.53. The van der Waals surface area contributed by atoms with E-state index in [4.69, 9.17) is 5.11 Å².